The van der Waals surface area contributed by atoms with Crippen molar-refractivity contribution in [1.82, 2.24) is 0 Å². The molecule has 0 amide bonds. The highest BCUT2D eigenvalue weighted by Crippen LogP contribution is 2.15. The fourth-order valence-corrected chi connectivity index (χ4v) is 1.37. The predicted molar refractivity (Wildman–Crippen MR) is 57.7 cm³/mol. The van der Waals surface area contributed by atoms with Crippen LogP contribution in [0.5, 0.6) is 0 Å². The maximum absolute atomic E-state index is 5.84. The van der Waals surface area contributed by atoms with E-state index in [1.807, 2.05) is 25.1 Å². The molecule has 0 radical (unpaired) electrons. The summed E-state index contributed by atoms with van der Waals surface area (Å²) in [5.74, 6) is 0. The van der Waals surface area contributed by atoms with Crippen LogP contribution >= 0.6 is 11.6 Å². The lowest BCUT2D eigenvalue weighted by molar-refractivity contribution is 0.0614. The van der Waals surface area contributed by atoms with E-state index in [-0.39, 0.29) is 0 Å². The van der Waals surface area contributed by atoms with Gasteiger partial charge in [0.05, 0.1) is 19.8 Å². The van der Waals surface area contributed by atoms with Crippen LogP contribution in [-0.4, -0.2) is 20.3 Å². The van der Waals surface area contributed by atoms with E-state index in [0.717, 1.165) is 10.6 Å². The number of hydrogen-bond donors (Lipinski definition) is 0. The first kappa shape index (κ1) is 11.5. The minimum absolute atomic E-state index is 0.617. The van der Waals surface area contributed by atoms with E-state index < -0.39 is 0 Å². The average Bonchev–Trinajstić information content (AvgIpc) is 2.15. The average molecular weight is 215 g/mol. The van der Waals surface area contributed by atoms with E-state index in [1.54, 1.807) is 7.11 Å². The Morgan fingerprint density at radius 1 is 1.29 bits per heavy atom. The largest absolute Gasteiger partial charge is 0.382 e. The molecule has 0 bridgehead atoms. The zero-order valence-corrected chi connectivity index (χ0v) is 9.30. The molecule has 0 aliphatic rings. The monoisotopic (exact) mass is 214 g/mol. The highest BCUT2D eigenvalue weighted by molar-refractivity contribution is 6.30. The molecule has 1 aromatic carbocycles. The molecule has 0 saturated carbocycles. The summed E-state index contributed by atoms with van der Waals surface area (Å²) in [6.45, 7) is 3.90. The van der Waals surface area contributed by atoms with Gasteiger partial charge < -0.3 is 9.47 Å². The Bertz CT molecular complexity index is 287. The van der Waals surface area contributed by atoms with Crippen molar-refractivity contribution in [3.8, 4) is 0 Å². The number of halogens is 1. The van der Waals surface area contributed by atoms with Gasteiger partial charge >= 0.3 is 0 Å². The Balaban J connectivity index is 2.42. The number of ether oxygens (including phenoxy) is 2. The van der Waals surface area contributed by atoms with Crippen LogP contribution in [0.15, 0.2) is 18.2 Å². The molecule has 14 heavy (non-hydrogen) atoms. The fourth-order valence-electron chi connectivity index (χ4n) is 1.15. The molecule has 1 rings (SSSR count). The van der Waals surface area contributed by atoms with Gasteiger partial charge in [-0.2, -0.15) is 0 Å². The van der Waals surface area contributed by atoms with Crippen LogP contribution in [0, 0.1) is 6.92 Å². The molecule has 3 heteroatoms. The van der Waals surface area contributed by atoms with Gasteiger partial charge in [0, 0.05) is 12.1 Å². The summed E-state index contributed by atoms with van der Waals surface area (Å²) < 4.78 is 10.3. The van der Waals surface area contributed by atoms with Gasteiger partial charge in [0.1, 0.15) is 0 Å². The van der Waals surface area contributed by atoms with Crippen LogP contribution in [0.25, 0.3) is 0 Å². The molecule has 2 nitrogen and oxygen atoms in total. The van der Waals surface area contributed by atoms with Crippen LogP contribution in [0.4, 0.5) is 0 Å². The molecule has 0 N–H and O–H groups in total. The molecule has 1 aromatic rings. The summed E-state index contributed by atoms with van der Waals surface area (Å²) >= 11 is 5.84. The standard InChI is InChI=1S/C11H15ClO2/c1-9-7-11(12)4-3-10(9)8-14-6-5-13-2/h3-4,7H,5-6,8H2,1-2H3. The molecule has 0 fully saturated rings. The molecule has 0 saturated heterocycles. The van der Waals surface area contributed by atoms with Crippen molar-refractivity contribution in [2.75, 3.05) is 20.3 Å². The summed E-state index contributed by atoms with van der Waals surface area (Å²) in [7, 11) is 1.66. The summed E-state index contributed by atoms with van der Waals surface area (Å²) in [6, 6.07) is 5.81. The van der Waals surface area contributed by atoms with Crippen molar-refractivity contribution < 1.29 is 9.47 Å². The third-order valence-electron chi connectivity index (χ3n) is 1.99. The maximum Gasteiger partial charge on any atom is 0.0720 e. The number of aryl methyl sites for hydroxylation is 1. The van der Waals surface area contributed by atoms with Gasteiger partial charge in [-0.15, -0.1) is 0 Å². The fraction of sp³-hybridized carbons (Fsp3) is 0.455. The lowest BCUT2D eigenvalue weighted by Crippen LogP contribution is -2.02. The first-order valence-corrected chi connectivity index (χ1v) is 4.93. The second-order valence-corrected chi connectivity index (χ2v) is 3.55. The number of hydrogen-bond acceptors (Lipinski definition) is 2. The molecule has 0 heterocycles. The lowest BCUT2D eigenvalue weighted by Gasteiger charge is -2.07. The molecule has 0 aromatic heterocycles. The summed E-state index contributed by atoms with van der Waals surface area (Å²) in [5, 5.41) is 0.767. The summed E-state index contributed by atoms with van der Waals surface area (Å²) in [4.78, 5) is 0. The third-order valence-corrected chi connectivity index (χ3v) is 2.23. The van der Waals surface area contributed by atoms with Crippen molar-refractivity contribution in [3.63, 3.8) is 0 Å². The van der Waals surface area contributed by atoms with Crippen molar-refractivity contribution in [1.29, 1.82) is 0 Å². The number of rotatable bonds is 5. The lowest BCUT2D eigenvalue weighted by atomic mass is 10.1. The Hall–Kier alpha value is -0.570. The molecule has 0 aliphatic carbocycles. The van der Waals surface area contributed by atoms with Gasteiger partial charge in [0.2, 0.25) is 0 Å². The maximum atomic E-state index is 5.84. The minimum atomic E-state index is 0.617. The third kappa shape index (κ3) is 3.66. The van der Waals surface area contributed by atoms with Gasteiger partial charge in [0.25, 0.3) is 0 Å². The van der Waals surface area contributed by atoms with Crippen molar-refractivity contribution in [2.24, 2.45) is 0 Å². The second kappa shape index (κ2) is 6.02. The molecule has 0 unspecified atom stereocenters. The Kier molecular flexibility index (Phi) is 4.94. The Morgan fingerprint density at radius 2 is 2.07 bits per heavy atom. The molecular formula is C11H15ClO2. The van der Waals surface area contributed by atoms with E-state index in [4.69, 9.17) is 21.1 Å². The molecule has 0 spiro atoms. The van der Waals surface area contributed by atoms with Crippen LogP contribution in [0.3, 0.4) is 0 Å². The van der Waals surface area contributed by atoms with Gasteiger partial charge in [-0.25, -0.2) is 0 Å². The van der Waals surface area contributed by atoms with E-state index in [2.05, 4.69) is 0 Å². The zero-order chi connectivity index (χ0) is 10.4. The summed E-state index contributed by atoms with van der Waals surface area (Å²) in [5.41, 5.74) is 2.33. The zero-order valence-electron chi connectivity index (χ0n) is 8.55. The first-order chi connectivity index (χ1) is 6.74. The van der Waals surface area contributed by atoms with E-state index >= 15 is 0 Å². The van der Waals surface area contributed by atoms with Crippen LogP contribution in [0.1, 0.15) is 11.1 Å². The topological polar surface area (TPSA) is 18.5 Å². The highest BCUT2D eigenvalue weighted by atomic mass is 35.5. The van der Waals surface area contributed by atoms with E-state index in [1.165, 1.54) is 5.56 Å². The predicted octanol–water partition coefficient (Wildman–Crippen LogP) is 2.81. The number of benzene rings is 1. The van der Waals surface area contributed by atoms with Gasteiger partial charge in [-0.05, 0) is 30.2 Å². The van der Waals surface area contributed by atoms with Crippen molar-refractivity contribution in [2.45, 2.75) is 13.5 Å². The van der Waals surface area contributed by atoms with Gasteiger partial charge in [-0.1, -0.05) is 17.7 Å². The highest BCUT2D eigenvalue weighted by Gasteiger charge is 1.98. The quantitative estimate of drug-likeness (QED) is 0.702. The van der Waals surface area contributed by atoms with Crippen molar-refractivity contribution in [3.05, 3.63) is 34.3 Å². The SMILES string of the molecule is COCCOCc1ccc(Cl)cc1C. The summed E-state index contributed by atoms with van der Waals surface area (Å²) in [6.07, 6.45) is 0. The normalized spacial score (nSPS) is 10.5. The van der Waals surface area contributed by atoms with Crippen LogP contribution < -0.4 is 0 Å². The van der Waals surface area contributed by atoms with E-state index in [9.17, 15) is 0 Å². The Labute approximate surface area is 89.8 Å². The smallest absolute Gasteiger partial charge is 0.0720 e. The number of methoxy groups -OCH3 is 1. The molecule has 0 atom stereocenters. The molecule has 78 valence electrons. The second-order valence-electron chi connectivity index (χ2n) is 3.12. The van der Waals surface area contributed by atoms with Gasteiger partial charge in [-0.3, -0.25) is 0 Å². The molecular weight excluding hydrogens is 200 g/mol. The van der Waals surface area contributed by atoms with Gasteiger partial charge in [0.15, 0.2) is 0 Å². The van der Waals surface area contributed by atoms with E-state index in [0.29, 0.717) is 19.8 Å². The van der Waals surface area contributed by atoms with Crippen LogP contribution in [-0.2, 0) is 16.1 Å². The first-order valence-electron chi connectivity index (χ1n) is 4.55. The van der Waals surface area contributed by atoms with Crippen molar-refractivity contribution >= 4 is 11.6 Å². The minimum Gasteiger partial charge on any atom is -0.382 e. The Morgan fingerprint density at radius 3 is 2.71 bits per heavy atom. The van der Waals surface area contributed by atoms with Crippen LogP contribution in [0.2, 0.25) is 5.02 Å². The molecule has 0 aliphatic heterocycles.